The molecule has 3 rings (SSSR count). The molecule has 0 fully saturated rings. The van der Waals surface area contributed by atoms with Crippen LogP contribution in [0.15, 0.2) is 24.3 Å². The molecular formula is C17H13Cl3N2O2S. The van der Waals surface area contributed by atoms with Crippen molar-refractivity contribution in [3.8, 4) is 5.75 Å². The number of nitrogens with one attached hydrogen (secondary N) is 1. The van der Waals surface area contributed by atoms with Crippen molar-refractivity contribution >= 4 is 67.4 Å². The van der Waals surface area contributed by atoms with Gasteiger partial charge in [0.1, 0.15) is 11.3 Å². The number of aromatic nitrogens is 1. The molecule has 0 saturated heterocycles. The molecule has 1 N–H and O–H groups in total. The van der Waals surface area contributed by atoms with Gasteiger partial charge in [0.05, 0.1) is 14.7 Å². The number of rotatable bonds is 4. The number of hydrogen-bond acceptors (Lipinski definition) is 4. The molecule has 0 aliphatic heterocycles. The van der Waals surface area contributed by atoms with Crippen molar-refractivity contribution in [1.82, 2.24) is 4.98 Å². The summed E-state index contributed by atoms with van der Waals surface area (Å²) in [7, 11) is 0. The maximum absolute atomic E-state index is 12.1. The lowest BCUT2D eigenvalue weighted by Gasteiger charge is -2.09. The third-order valence-electron chi connectivity index (χ3n) is 3.48. The van der Waals surface area contributed by atoms with Crippen molar-refractivity contribution in [2.45, 2.75) is 13.8 Å². The average Bonchev–Trinajstić information content (AvgIpc) is 2.97. The topological polar surface area (TPSA) is 51.2 Å². The van der Waals surface area contributed by atoms with Gasteiger partial charge in [-0.3, -0.25) is 10.1 Å². The largest absolute Gasteiger partial charge is 0.484 e. The SMILES string of the molecule is Cc1cc(OCC(=O)Nc2nc3c(Cl)c(Cl)ccc3s2)cc(C)c1Cl. The van der Waals surface area contributed by atoms with E-state index in [9.17, 15) is 4.79 Å². The molecule has 0 radical (unpaired) electrons. The number of halogens is 3. The Morgan fingerprint density at radius 3 is 2.52 bits per heavy atom. The van der Waals surface area contributed by atoms with Crippen LogP contribution in [0, 0.1) is 13.8 Å². The van der Waals surface area contributed by atoms with Crippen molar-refractivity contribution in [3.63, 3.8) is 0 Å². The summed E-state index contributed by atoms with van der Waals surface area (Å²) < 4.78 is 6.37. The lowest BCUT2D eigenvalue weighted by atomic mass is 10.1. The summed E-state index contributed by atoms with van der Waals surface area (Å²) in [5.41, 5.74) is 2.36. The molecule has 1 aromatic heterocycles. The van der Waals surface area contributed by atoms with Crippen molar-refractivity contribution < 1.29 is 9.53 Å². The maximum Gasteiger partial charge on any atom is 0.264 e. The fourth-order valence-electron chi connectivity index (χ4n) is 2.28. The van der Waals surface area contributed by atoms with Crippen molar-refractivity contribution in [1.29, 1.82) is 0 Å². The number of nitrogens with zero attached hydrogens (tertiary/aromatic N) is 1. The van der Waals surface area contributed by atoms with Gasteiger partial charge in [-0.2, -0.15) is 0 Å². The summed E-state index contributed by atoms with van der Waals surface area (Å²) in [6, 6.07) is 7.10. The second-order valence-corrected chi connectivity index (χ2v) is 7.63. The number of benzene rings is 2. The number of carbonyl (C=O) groups excluding carboxylic acids is 1. The number of anilines is 1. The molecule has 0 spiro atoms. The van der Waals surface area contributed by atoms with Gasteiger partial charge in [-0.15, -0.1) is 0 Å². The van der Waals surface area contributed by atoms with Crippen LogP contribution < -0.4 is 10.1 Å². The quantitative estimate of drug-likeness (QED) is 0.578. The van der Waals surface area contributed by atoms with Crippen molar-refractivity contribution in [2.24, 2.45) is 0 Å². The first kappa shape index (κ1) is 18.3. The molecule has 130 valence electrons. The summed E-state index contributed by atoms with van der Waals surface area (Å²) in [4.78, 5) is 16.4. The molecule has 0 unspecified atom stereocenters. The van der Waals surface area contributed by atoms with Crippen LogP contribution in [0.4, 0.5) is 5.13 Å². The minimum Gasteiger partial charge on any atom is -0.484 e. The fourth-order valence-corrected chi connectivity index (χ4v) is 3.70. The normalized spacial score (nSPS) is 10.9. The van der Waals surface area contributed by atoms with Gasteiger partial charge in [-0.1, -0.05) is 46.1 Å². The fraction of sp³-hybridized carbons (Fsp3) is 0.176. The van der Waals surface area contributed by atoms with E-state index in [2.05, 4.69) is 10.3 Å². The Labute approximate surface area is 163 Å². The van der Waals surface area contributed by atoms with Crippen LogP contribution in [0.5, 0.6) is 5.75 Å². The van der Waals surface area contributed by atoms with Crippen LogP contribution in [0.25, 0.3) is 10.2 Å². The lowest BCUT2D eigenvalue weighted by molar-refractivity contribution is -0.118. The van der Waals surface area contributed by atoms with Gasteiger partial charge in [0, 0.05) is 5.02 Å². The predicted octanol–water partition coefficient (Wildman–Crippen LogP) is 5.89. The van der Waals surface area contributed by atoms with Gasteiger partial charge < -0.3 is 4.74 Å². The van der Waals surface area contributed by atoms with E-state index < -0.39 is 0 Å². The highest BCUT2D eigenvalue weighted by Crippen LogP contribution is 2.35. The van der Waals surface area contributed by atoms with Crippen LogP contribution in [-0.2, 0) is 4.79 Å². The van der Waals surface area contributed by atoms with E-state index in [1.807, 2.05) is 19.9 Å². The Kier molecular flexibility index (Phi) is 5.39. The summed E-state index contributed by atoms with van der Waals surface area (Å²) in [6.07, 6.45) is 0. The standard InChI is InChI=1S/C17H13Cl3N2O2S/c1-8-5-10(6-9(2)14(8)19)24-7-13(23)21-17-22-16-12(25-17)4-3-11(18)15(16)20/h3-6H,7H2,1-2H3,(H,21,22,23). The Hall–Kier alpha value is -1.53. The monoisotopic (exact) mass is 414 g/mol. The Morgan fingerprint density at radius 1 is 1.16 bits per heavy atom. The summed E-state index contributed by atoms with van der Waals surface area (Å²) in [5.74, 6) is 0.278. The zero-order valence-electron chi connectivity index (χ0n) is 13.3. The molecule has 1 amide bonds. The highest BCUT2D eigenvalue weighted by Gasteiger charge is 2.13. The number of amides is 1. The number of fused-ring (bicyclic) bond motifs is 1. The van der Waals surface area contributed by atoms with E-state index in [1.54, 1.807) is 18.2 Å². The highest BCUT2D eigenvalue weighted by atomic mass is 35.5. The molecule has 25 heavy (non-hydrogen) atoms. The maximum atomic E-state index is 12.1. The molecule has 3 aromatic rings. The van der Waals surface area contributed by atoms with E-state index in [-0.39, 0.29) is 12.5 Å². The van der Waals surface area contributed by atoms with Gasteiger partial charge >= 0.3 is 0 Å². The minimum absolute atomic E-state index is 0.134. The van der Waals surface area contributed by atoms with E-state index in [0.29, 0.717) is 31.5 Å². The van der Waals surface area contributed by atoms with Crippen LogP contribution in [0.3, 0.4) is 0 Å². The molecule has 8 heteroatoms. The highest BCUT2D eigenvalue weighted by molar-refractivity contribution is 7.22. The second kappa shape index (κ2) is 7.38. The van der Waals surface area contributed by atoms with Gasteiger partial charge in [-0.25, -0.2) is 4.98 Å². The summed E-state index contributed by atoms with van der Waals surface area (Å²) >= 11 is 19.5. The van der Waals surface area contributed by atoms with E-state index in [1.165, 1.54) is 11.3 Å². The molecule has 0 bridgehead atoms. The van der Waals surface area contributed by atoms with Crippen molar-refractivity contribution in [3.05, 3.63) is 50.5 Å². The third kappa shape index (κ3) is 4.01. The van der Waals surface area contributed by atoms with Crippen LogP contribution >= 0.6 is 46.1 Å². The minimum atomic E-state index is -0.313. The van der Waals surface area contributed by atoms with Gasteiger partial charge in [-0.05, 0) is 49.2 Å². The number of hydrogen-bond donors (Lipinski definition) is 1. The van der Waals surface area contributed by atoms with Gasteiger partial charge in [0.25, 0.3) is 5.91 Å². The molecule has 4 nitrogen and oxygen atoms in total. The van der Waals surface area contributed by atoms with Gasteiger partial charge in [0.2, 0.25) is 0 Å². The summed E-state index contributed by atoms with van der Waals surface area (Å²) in [5, 5.41) is 4.64. The smallest absolute Gasteiger partial charge is 0.264 e. The first-order valence-electron chi connectivity index (χ1n) is 7.29. The molecule has 2 aromatic carbocycles. The number of aryl methyl sites for hydroxylation is 2. The zero-order chi connectivity index (χ0) is 18.1. The predicted molar refractivity (Wildman–Crippen MR) is 105 cm³/mol. The lowest BCUT2D eigenvalue weighted by Crippen LogP contribution is -2.20. The van der Waals surface area contributed by atoms with Crippen LogP contribution in [0.2, 0.25) is 15.1 Å². The van der Waals surface area contributed by atoms with Crippen LogP contribution in [0.1, 0.15) is 11.1 Å². The van der Waals surface area contributed by atoms with E-state index in [0.717, 1.165) is 15.8 Å². The molecular weight excluding hydrogens is 403 g/mol. The molecule has 0 atom stereocenters. The second-order valence-electron chi connectivity index (χ2n) is 5.44. The average molecular weight is 416 g/mol. The Bertz CT molecular complexity index is 949. The zero-order valence-corrected chi connectivity index (χ0v) is 16.4. The van der Waals surface area contributed by atoms with E-state index >= 15 is 0 Å². The first-order chi connectivity index (χ1) is 11.8. The van der Waals surface area contributed by atoms with E-state index in [4.69, 9.17) is 39.5 Å². The Balaban J connectivity index is 1.68. The molecule has 0 aliphatic rings. The molecule has 0 saturated carbocycles. The van der Waals surface area contributed by atoms with Gasteiger partial charge in [0.15, 0.2) is 11.7 Å². The number of ether oxygens (including phenoxy) is 1. The van der Waals surface area contributed by atoms with Crippen molar-refractivity contribution in [2.75, 3.05) is 11.9 Å². The first-order valence-corrected chi connectivity index (χ1v) is 9.24. The molecule has 1 heterocycles. The number of carbonyl (C=O) groups is 1. The molecule has 0 aliphatic carbocycles. The third-order valence-corrected chi connectivity index (χ3v) is 5.80. The Morgan fingerprint density at radius 2 is 1.84 bits per heavy atom. The van der Waals surface area contributed by atoms with Crippen LogP contribution in [-0.4, -0.2) is 17.5 Å². The summed E-state index contributed by atoms with van der Waals surface area (Å²) in [6.45, 7) is 3.64. The number of thiazole rings is 1.